The van der Waals surface area contributed by atoms with E-state index in [-0.39, 0.29) is 11.6 Å². The van der Waals surface area contributed by atoms with Crippen LogP contribution in [-0.2, 0) is 0 Å². The number of anilines is 1. The number of hydrogen-bond acceptors (Lipinski definition) is 4. The van der Waals surface area contributed by atoms with E-state index in [9.17, 15) is 9.59 Å². The number of halogens is 1. The van der Waals surface area contributed by atoms with Crippen molar-refractivity contribution in [3.63, 3.8) is 0 Å². The summed E-state index contributed by atoms with van der Waals surface area (Å²) in [6.45, 7) is 0. The summed E-state index contributed by atoms with van der Waals surface area (Å²) in [5.74, 6) is -1.36. The molecule has 18 heavy (non-hydrogen) atoms. The average molecular weight is 327 g/mol. The molecule has 0 saturated carbocycles. The molecule has 0 aliphatic rings. The first-order valence-corrected chi connectivity index (χ1v) is 6.48. The number of pyridine rings is 1. The molecule has 2 heterocycles. The standard InChI is InChI=1S/C11H7BrN2O3S/c12-6-3-9(18-5-6)10(15)14-7-1-2-8(11(16)17)13-4-7/h1-5H,(H,14,15)(H,16,17). The Morgan fingerprint density at radius 2 is 2.17 bits per heavy atom. The molecule has 2 aromatic rings. The molecular weight excluding hydrogens is 320 g/mol. The number of aromatic nitrogens is 1. The molecule has 0 aliphatic carbocycles. The van der Waals surface area contributed by atoms with E-state index in [4.69, 9.17) is 5.11 Å². The van der Waals surface area contributed by atoms with E-state index in [1.54, 1.807) is 11.4 Å². The van der Waals surface area contributed by atoms with Crippen molar-refractivity contribution in [2.75, 3.05) is 5.32 Å². The SMILES string of the molecule is O=C(O)c1ccc(NC(=O)c2cc(Br)cs2)cn1. The highest BCUT2D eigenvalue weighted by Gasteiger charge is 2.09. The molecule has 0 aliphatic heterocycles. The molecule has 92 valence electrons. The van der Waals surface area contributed by atoms with Gasteiger partial charge in [-0.15, -0.1) is 11.3 Å². The summed E-state index contributed by atoms with van der Waals surface area (Å²) in [6, 6.07) is 4.54. The number of carboxylic acids is 1. The van der Waals surface area contributed by atoms with Gasteiger partial charge >= 0.3 is 5.97 Å². The summed E-state index contributed by atoms with van der Waals surface area (Å²) in [4.78, 5) is 26.7. The molecule has 0 aromatic carbocycles. The van der Waals surface area contributed by atoms with Crippen molar-refractivity contribution >= 4 is 44.8 Å². The Morgan fingerprint density at radius 3 is 2.67 bits per heavy atom. The largest absolute Gasteiger partial charge is 0.477 e. The van der Waals surface area contributed by atoms with Gasteiger partial charge in [0.25, 0.3) is 5.91 Å². The zero-order chi connectivity index (χ0) is 13.1. The first-order valence-electron chi connectivity index (χ1n) is 4.81. The predicted molar refractivity (Wildman–Crippen MR) is 71.2 cm³/mol. The maximum absolute atomic E-state index is 11.8. The number of nitrogens with one attached hydrogen (secondary N) is 1. The number of carbonyl (C=O) groups is 2. The molecule has 1 amide bonds. The Kier molecular flexibility index (Phi) is 3.73. The minimum absolute atomic E-state index is 0.0631. The molecular formula is C11H7BrN2O3S. The molecule has 0 unspecified atom stereocenters. The van der Waals surface area contributed by atoms with Gasteiger partial charge in [-0.25, -0.2) is 9.78 Å². The minimum atomic E-state index is -1.10. The molecule has 5 nitrogen and oxygen atoms in total. The number of amides is 1. The molecule has 0 atom stereocenters. The first-order chi connectivity index (χ1) is 8.56. The number of aromatic carboxylic acids is 1. The number of nitrogens with zero attached hydrogens (tertiary/aromatic N) is 1. The summed E-state index contributed by atoms with van der Waals surface area (Å²) in [5, 5.41) is 13.1. The summed E-state index contributed by atoms with van der Waals surface area (Å²) >= 11 is 4.58. The van der Waals surface area contributed by atoms with Gasteiger partial charge in [0.1, 0.15) is 5.69 Å². The van der Waals surface area contributed by atoms with Crippen molar-refractivity contribution in [2.24, 2.45) is 0 Å². The summed E-state index contributed by atoms with van der Waals surface area (Å²) < 4.78 is 0.844. The van der Waals surface area contributed by atoms with Crippen LogP contribution in [0.3, 0.4) is 0 Å². The Bertz CT molecular complexity index is 595. The van der Waals surface area contributed by atoms with Crippen LogP contribution in [0, 0.1) is 0 Å². The highest BCUT2D eigenvalue weighted by molar-refractivity contribution is 9.10. The van der Waals surface area contributed by atoms with Crippen LogP contribution in [-0.4, -0.2) is 22.0 Å². The van der Waals surface area contributed by atoms with E-state index >= 15 is 0 Å². The topological polar surface area (TPSA) is 79.3 Å². The van der Waals surface area contributed by atoms with Crippen molar-refractivity contribution in [1.29, 1.82) is 0 Å². The van der Waals surface area contributed by atoms with Crippen molar-refractivity contribution in [1.82, 2.24) is 4.98 Å². The molecule has 7 heteroatoms. The number of carboxylic acid groups (broad SMARTS) is 1. The molecule has 0 fully saturated rings. The second-order valence-electron chi connectivity index (χ2n) is 3.32. The fourth-order valence-corrected chi connectivity index (χ4v) is 2.54. The van der Waals surface area contributed by atoms with Crippen molar-refractivity contribution in [3.05, 3.63) is 44.8 Å². The monoisotopic (exact) mass is 326 g/mol. The Morgan fingerprint density at radius 1 is 1.39 bits per heavy atom. The smallest absolute Gasteiger partial charge is 0.354 e. The molecule has 0 bridgehead atoms. The molecule has 0 saturated heterocycles. The van der Waals surface area contributed by atoms with Crippen molar-refractivity contribution in [3.8, 4) is 0 Å². The van der Waals surface area contributed by atoms with Gasteiger partial charge < -0.3 is 10.4 Å². The Labute approximate surface area is 115 Å². The quantitative estimate of drug-likeness (QED) is 0.908. The number of carbonyl (C=O) groups excluding carboxylic acids is 1. The zero-order valence-electron chi connectivity index (χ0n) is 8.88. The van der Waals surface area contributed by atoms with Crippen LogP contribution in [0.25, 0.3) is 0 Å². The number of rotatable bonds is 3. The van der Waals surface area contributed by atoms with Gasteiger partial charge in [-0.05, 0) is 34.1 Å². The van der Waals surface area contributed by atoms with Crippen LogP contribution in [0.15, 0.2) is 34.2 Å². The van der Waals surface area contributed by atoms with Crippen LogP contribution in [0.5, 0.6) is 0 Å². The van der Waals surface area contributed by atoms with E-state index in [0.29, 0.717) is 10.6 Å². The maximum Gasteiger partial charge on any atom is 0.354 e. The van der Waals surface area contributed by atoms with E-state index in [1.807, 2.05) is 0 Å². The third-order valence-electron chi connectivity index (χ3n) is 2.03. The highest BCUT2D eigenvalue weighted by atomic mass is 79.9. The summed E-state index contributed by atoms with van der Waals surface area (Å²) in [5.41, 5.74) is 0.390. The van der Waals surface area contributed by atoms with Gasteiger partial charge in [-0.1, -0.05) is 0 Å². The van der Waals surface area contributed by atoms with Gasteiger partial charge in [-0.2, -0.15) is 0 Å². The van der Waals surface area contributed by atoms with Gasteiger partial charge in [0, 0.05) is 9.85 Å². The first kappa shape index (κ1) is 12.7. The van der Waals surface area contributed by atoms with E-state index < -0.39 is 5.97 Å². The van der Waals surface area contributed by atoms with Gasteiger partial charge in [-0.3, -0.25) is 4.79 Å². The van der Waals surface area contributed by atoms with Gasteiger partial charge in [0.2, 0.25) is 0 Å². The van der Waals surface area contributed by atoms with Gasteiger partial charge in [0.05, 0.1) is 16.8 Å². The molecule has 0 radical (unpaired) electrons. The van der Waals surface area contributed by atoms with E-state index in [1.165, 1.54) is 29.7 Å². The van der Waals surface area contributed by atoms with E-state index in [0.717, 1.165) is 4.47 Å². The molecule has 2 N–H and O–H groups in total. The highest BCUT2D eigenvalue weighted by Crippen LogP contribution is 2.20. The zero-order valence-corrected chi connectivity index (χ0v) is 11.3. The lowest BCUT2D eigenvalue weighted by molar-refractivity contribution is 0.0690. The predicted octanol–water partition coefficient (Wildman–Crippen LogP) is 2.86. The van der Waals surface area contributed by atoms with Crippen LogP contribution in [0.2, 0.25) is 0 Å². The van der Waals surface area contributed by atoms with Crippen molar-refractivity contribution in [2.45, 2.75) is 0 Å². The Hall–Kier alpha value is -1.73. The number of hydrogen-bond donors (Lipinski definition) is 2. The maximum atomic E-state index is 11.8. The average Bonchev–Trinajstić information content (AvgIpc) is 2.76. The molecule has 0 spiro atoms. The number of thiophene rings is 1. The molecule has 2 rings (SSSR count). The second kappa shape index (κ2) is 5.28. The van der Waals surface area contributed by atoms with Gasteiger partial charge in [0.15, 0.2) is 0 Å². The molecule has 2 aromatic heterocycles. The van der Waals surface area contributed by atoms with E-state index in [2.05, 4.69) is 26.2 Å². The summed E-state index contributed by atoms with van der Waals surface area (Å²) in [7, 11) is 0. The Balaban J connectivity index is 2.10. The lowest BCUT2D eigenvalue weighted by atomic mass is 10.3. The third kappa shape index (κ3) is 2.93. The third-order valence-corrected chi connectivity index (χ3v) is 3.72. The van der Waals surface area contributed by atoms with Crippen LogP contribution in [0.4, 0.5) is 5.69 Å². The fraction of sp³-hybridized carbons (Fsp3) is 0. The van der Waals surface area contributed by atoms with Crippen LogP contribution < -0.4 is 5.32 Å². The van der Waals surface area contributed by atoms with Crippen LogP contribution >= 0.6 is 27.3 Å². The van der Waals surface area contributed by atoms with Crippen LogP contribution in [0.1, 0.15) is 20.2 Å². The second-order valence-corrected chi connectivity index (χ2v) is 5.15. The van der Waals surface area contributed by atoms with Crippen molar-refractivity contribution < 1.29 is 14.7 Å². The summed E-state index contributed by atoms with van der Waals surface area (Å²) in [6.07, 6.45) is 1.31. The minimum Gasteiger partial charge on any atom is -0.477 e. The lowest BCUT2D eigenvalue weighted by Gasteiger charge is -2.02. The fourth-order valence-electron chi connectivity index (χ4n) is 1.22. The normalized spacial score (nSPS) is 10.1. The lowest BCUT2D eigenvalue weighted by Crippen LogP contribution is -2.11.